The van der Waals surface area contributed by atoms with Crippen LogP contribution in [0.3, 0.4) is 0 Å². The molecule has 0 unspecified atom stereocenters. The van der Waals surface area contributed by atoms with Gasteiger partial charge in [0.05, 0.1) is 11.4 Å². The average molecular weight is 430 g/mol. The highest BCUT2D eigenvalue weighted by Crippen LogP contribution is 2.31. The van der Waals surface area contributed by atoms with Gasteiger partial charge in [0, 0.05) is 37.4 Å². The highest BCUT2D eigenvalue weighted by atomic mass is 16.1. The van der Waals surface area contributed by atoms with Crippen LogP contribution in [0.15, 0.2) is 72.3 Å². The topological polar surface area (TPSA) is 35.6 Å². The van der Waals surface area contributed by atoms with E-state index in [4.69, 9.17) is 0 Å². The molecule has 0 spiro atoms. The van der Waals surface area contributed by atoms with Gasteiger partial charge in [0.2, 0.25) is 0 Å². The van der Waals surface area contributed by atoms with Gasteiger partial charge >= 0.3 is 0 Å². The molecule has 0 atom stereocenters. The number of amides is 1. The second-order valence-corrected chi connectivity index (χ2v) is 8.08. The van der Waals surface area contributed by atoms with E-state index in [1.165, 1.54) is 16.8 Å². The van der Waals surface area contributed by atoms with Crippen LogP contribution < -0.4 is 15.1 Å². The molecule has 1 N–H and O–H groups in total. The lowest BCUT2D eigenvalue weighted by Crippen LogP contribution is -2.47. The number of piperazine rings is 1. The van der Waals surface area contributed by atoms with Gasteiger partial charge < -0.3 is 15.1 Å². The predicted molar refractivity (Wildman–Crippen MR) is 139 cm³/mol. The van der Waals surface area contributed by atoms with Gasteiger partial charge in [-0.3, -0.25) is 4.79 Å². The van der Waals surface area contributed by atoms with Crippen molar-refractivity contribution in [1.29, 1.82) is 0 Å². The number of allylic oxidation sites excluding steroid dienone is 3. The van der Waals surface area contributed by atoms with Gasteiger partial charge in [0.1, 0.15) is 0 Å². The maximum absolute atomic E-state index is 12.8. The van der Waals surface area contributed by atoms with E-state index in [9.17, 15) is 4.79 Å². The van der Waals surface area contributed by atoms with Crippen LogP contribution in [-0.2, 0) is 4.79 Å². The van der Waals surface area contributed by atoms with Crippen molar-refractivity contribution >= 4 is 29.0 Å². The quantitative estimate of drug-likeness (QED) is 0.614. The summed E-state index contributed by atoms with van der Waals surface area (Å²) in [5, 5.41) is 3.15. The third-order valence-corrected chi connectivity index (χ3v) is 5.91. The van der Waals surface area contributed by atoms with Crippen LogP contribution >= 0.6 is 0 Å². The molecule has 0 aromatic heterocycles. The highest BCUT2D eigenvalue weighted by molar-refractivity contribution is 6.06. The number of nitrogens with one attached hydrogen (secondary N) is 1. The summed E-state index contributed by atoms with van der Waals surface area (Å²) in [6, 6.07) is 14.7. The van der Waals surface area contributed by atoms with Crippen molar-refractivity contribution in [2.24, 2.45) is 0 Å². The molecule has 2 aromatic carbocycles. The van der Waals surface area contributed by atoms with E-state index < -0.39 is 0 Å². The highest BCUT2D eigenvalue weighted by Gasteiger charge is 2.22. The monoisotopic (exact) mass is 429 g/mol. The molecular formula is C28H35N3O. The number of benzene rings is 2. The van der Waals surface area contributed by atoms with Gasteiger partial charge in [-0.2, -0.15) is 0 Å². The molecule has 0 saturated carbocycles. The summed E-state index contributed by atoms with van der Waals surface area (Å²) in [5.41, 5.74) is 7.57. The summed E-state index contributed by atoms with van der Waals surface area (Å²) in [6.07, 6.45) is 6.47. The normalized spacial score (nSPS) is 15.4. The van der Waals surface area contributed by atoms with E-state index >= 15 is 0 Å². The summed E-state index contributed by atoms with van der Waals surface area (Å²) in [4.78, 5) is 17.6. The predicted octanol–water partition coefficient (Wildman–Crippen LogP) is 6.21. The standard InChI is InChI=1S/C26H29N3O.C2H6/c1-4-21-10-12-25(23(18-21)27-26(30)22-11-9-19(2)17-22)29-15-13-28(14-16-29)24-8-6-5-7-20(24)3;1-2/h4-12,18H,1,13-17H2,2-3H3,(H,27,30);1-2H3. The summed E-state index contributed by atoms with van der Waals surface area (Å²) >= 11 is 0. The Kier molecular flexibility index (Phi) is 7.93. The molecule has 1 aliphatic heterocycles. The molecule has 168 valence electrons. The summed E-state index contributed by atoms with van der Waals surface area (Å²) in [5.74, 6) is -0.0240. The molecule has 1 aliphatic carbocycles. The van der Waals surface area contributed by atoms with E-state index in [2.05, 4.69) is 71.9 Å². The van der Waals surface area contributed by atoms with E-state index in [1.807, 2.05) is 38.1 Å². The smallest absolute Gasteiger partial charge is 0.251 e. The lowest BCUT2D eigenvalue weighted by Gasteiger charge is -2.38. The maximum Gasteiger partial charge on any atom is 0.251 e. The Morgan fingerprint density at radius 1 is 0.938 bits per heavy atom. The first-order chi connectivity index (χ1) is 15.5. The molecule has 0 bridgehead atoms. The number of aryl methyl sites for hydroxylation is 1. The van der Waals surface area contributed by atoms with Crippen LogP contribution in [0.2, 0.25) is 0 Å². The number of nitrogens with zero attached hydrogens (tertiary/aromatic N) is 2. The Hall–Kier alpha value is -3.27. The molecular weight excluding hydrogens is 394 g/mol. The van der Waals surface area contributed by atoms with Gasteiger partial charge in [-0.05, 0) is 49.6 Å². The van der Waals surface area contributed by atoms with Crippen molar-refractivity contribution in [2.75, 3.05) is 41.3 Å². The minimum atomic E-state index is -0.0240. The van der Waals surface area contributed by atoms with Crippen LogP contribution in [-0.4, -0.2) is 32.1 Å². The fourth-order valence-electron chi connectivity index (χ4n) is 4.18. The lowest BCUT2D eigenvalue weighted by atomic mass is 10.1. The van der Waals surface area contributed by atoms with E-state index in [0.29, 0.717) is 0 Å². The van der Waals surface area contributed by atoms with Crippen LogP contribution in [0, 0.1) is 6.92 Å². The summed E-state index contributed by atoms with van der Waals surface area (Å²) in [7, 11) is 0. The summed E-state index contributed by atoms with van der Waals surface area (Å²) < 4.78 is 0. The molecule has 4 rings (SSSR count). The first-order valence-electron chi connectivity index (χ1n) is 11.5. The van der Waals surface area contributed by atoms with Crippen LogP contribution in [0.25, 0.3) is 6.08 Å². The number of para-hydroxylation sites is 1. The van der Waals surface area contributed by atoms with Crippen molar-refractivity contribution in [3.8, 4) is 0 Å². The molecule has 2 aliphatic rings. The van der Waals surface area contributed by atoms with Gasteiger partial charge in [0.25, 0.3) is 5.91 Å². The minimum Gasteiger partial charge on any atom is -0.368 e. The molecule has 1 saturated heterocycles. The zero-order valence-corrected chi connectivity index (χ0v) is 19.8. The molecule has 1 fully saturated rings. The average Bonchev–Trinajstić information content (AvgIpc) is 3.27. The van der Waals surface area contributed by atoms with Crippen molar-refractivity contribution in [1.82, 2.24) is 0 Å². The zero-order chi connectivity index (χ0) is 23.1. The SMILES string of the molecule is C=Cc1ccc(N2CCN(c3ccccc3C)CC2)c(NC(=O)C2=CC=C(C)C2)c1.CC. The second kappa shape index (κ2) is 10.9. The van der Waals surface area contributed by atoms with Crippen molar-refractivity contribution in [3.05, 3.63) is 83.5 Å². The van der Waals surface area contributed by atoms with E-state index in [1.54, 1.807) is 0 Å². The van der Waals surface area contributed by atoms with Crippen LogP contribution in [0.5, 0.6) is 0 Å². The Bertz CT molecular complexity index is 1030. The van der Waals surface area contributed by atoms with E-state index in [-0.39, 0.29) is 5.91 Å². The largest absolute Gasteiger partial charge is 0.368 e. The Morgan fingerprint density at radius 3 is 2.19 bits per heavy atom. The fraction of sp³-hybridized carbons (Fsp3) is 0.321. The van der Waals surface area contributed by atoms with Crippen molar-refractivity contribution in [2.45, 2.75) is 34.1 Å². The molecule has 1 amide bonds. The molecule has 4 nitrogen and oxygen atoms in total. The first kappa shape index (κ1) is 23.4. The molecule has 32 heavy (non-hydrogen) atoms. The van der Waals surface area contributed by atoms with Crippen LogP contribution in [0.1, 0.15) is 38.3 Å². The number of hydrogen-bond acceptors (Lipinski definition) is 3. The second-order valence-electron chi connectivity index (χ2n) is 8.08. The number of hydrogen-bond donors (Lipinski definition) is 1. The molecule has 0 radical (unpaired) electrons. The zero-order valence-electron chi connectivity index (χ0n) is 19.8. The first-order valence-corrected chi connectivity index (χ1v) is 11.5. The van der Waals surface area contributed by atoms with Crippen LogP contribution in [0.4, 0.5) is 17.1 Å². The minimum absolute atomic E-state index is 0.0240. The third kappa shape index (κ3) is 5.31. The maximum atomic E-state index is 12.8. The van der Waals surface area contributed by atoms with Crippen molar-refractivity contribution in [3.63, 3.8) is 0 Å². The van der Waals surface area contributed by atoms with Gasteiger partial charge in [-0.25, -0.2) is 0 Å². The Balaban J connectivity index is 0.00000141. The number of carbonyl (C=O) groups is 1. The fourth-order valence-corrected chi connectivity index (χ4v) is 4.18. The molecule has 2 aromatic rings. The van der Waals surface area contributed by atoms with E-state index in [0.717, 1.165) is 55.1 Å². The number of carbonyl (C=O) groups excluding carboxylic acids is 1. The Morgan fingerprint density at radius 2 is 1.59 bits per heavy atom. The number of anilines is 3. The van der Waals surface area contributed by atoms with Crippen molar-refractivity contribution < 1.29 is 4.79 Å². The van der Waals surface area contributed by atoms with Gasteiger partial charge in [0.15, 0.2) is 0 Å². The lowest BCUT2D eigenvalue weighted by molar-refractivity contribution is -0.112. The molecule has 4 heteroatoms. The van der Waals surface area contributed by atoms with Gasteiger partial charge in [-0.1, -0.05) is 68.5 Å². The molecule has 1 heterocycles. The third-order valence-electron chi connectivity index (χ3n) is 5.91. The van der Waals surface area contributed by atoms with Gasteiger partial charge in [-0.15, -0.1) is 0 Å². The summed E-state index contributed by atoms with van der Waals surface area (Å²) in [6.45, 7) is 15.8. The number of rotatable bonds is 5. The Labute approximate surface area is 192 Å².